The van der Waals surface area contributed by atoms with Crippen LogP contribution in [-0.4, -0.2) is 43.4 Å². The molecule has 0 aliphatic carbocycles. The number of nitrogens with one attached hydrogen (secondary N) is 1. The summed E-state index contributed by atoms with van der Waals surface area (Å²) >= 11 is 0. The maximum Gasteiger partial charge on any atom is 0.293 e. The second-order valence-corrected chi connectivity index (χ2v) is 6.66. The molecule has 1 aliphatic heterocycles. The van der Waals surface area contributed by atoms with Crippen molar-refractivity contribution in [2.75, 3.05) is 18.4 Å². The Balaban J connectivity index is 1.67. The second-order valence-electron chi connectivity index (χ2n) is 6.66. The molecule has 4 rings (SSSR count). The summed E-state index contributed by atoms with van der Waals surface area (Å²) in [6.45, 7) is 3.00. The number of carbonyl (C=O) groups is 1. The van der Waals surface area contributed by atoms with E-state index in [1.54, 1.807) is 17.0 Å². The molecule has 3 heterocycles. The summed E-state index contributed by atoms with van der Waals surface area (Å²) < 4.78 is 1.88. The molecule has 0 radical (unpaired) electrons. The monoisotopic (exact) mass is 380 g/mol. The number of benzene rings is 1. The largest absolute Gasteiger partial charge is 0.380 e. The van der Waals surface area contributed by atoms with E-state index in [0.29, 0.717) is 30.2 Å². The molecule has 28 heavy (non-hydrogen) atoms. The lowest BCUT2D eigenvalue weighted by atomic mass is 10.1. The quantitative estimate of drug-likeness (QED) is 0.539. The number of nitro benzene ring substituents is 1. The lowest BCUT2D eigenvalue weighted by molar-refractivity contribution is -0.384. The van der Waals surface area contributed by atoms with Crippen molar-refractivity contribution in [3.63, 3.8) is 0 Å². The third kappa shape index (κ3) is 3.04. The number of anilines is 1. The van der Waals surface area contributed by atoms with Gasteiger partial charge in [-0.2, -0.15) is 0 Å². The predicted molar refractivity (Wildman–Crippen MR) is 103 cm³/mol. The minimum atomic E-state index is -0.470. The SMILES string of the molecule is CCNc1ccc(C(=O)N2CCCC2c2nnc3ccccn23)cc1[N+](=O)[O-]. The van der Waals surface area contributed by atoms with Gasteiger partial charge in [-0.15, -0.1) is 10.2 Å². The van der Waals surface area contributed by atoms with Gasteiger partial charge in [-0.1, -0.05) is 6.07 Å². The molecule has 0 spiro atoms. The predicted octanol–water partition coefficient (Wildman–Crippen LogP) is 3.05. The molecule has 1 aromatic carbocycles. The lowest BCUT2D eigenvalue weighted by Gasteiger charge is -2.23. The van der Waals surface area contributed by atoms with Crippen molar-refractivity contribution in [2.24, 2.45) is 0 Å². The molecular formula is C19H20N6O3. The molecule has 0 saturated carbocycles. The molecule has 1 fully saturated rings. The first-order valence-corrected chi connectivity index (χ1v) is 9.23. The number of rotatable bonds is 5. The number of fused-ring (bicyclic) bond motifs is 1. The molecule has 1 aliphatic rings. The standard InChI is InChI=1S/C19H20N6O3/c1-2-20-14-9-8-13(12-16(14)25(27)28)19(26)23-11-5-6-15(23)18-22-21-17-7-3-4-10-24(17)18/h3-4,7-10,12,15,20H,2,5-6,11H2,1H3. The molecule has 1 unspecified atom stereocenters. The fraction of sp³-hybridized carbons (Fsp3) is 0.316. The Labute approximate surface area is 161 Å². The van der Waals surface area contributed by atoms with Crippen molar-refractivity contribution < 1.29 is 9.72 Å². The van der Waals surface area contributed by atoms with E-state index in [0.717, 1.165) is 18.5 Å². The van der Waals surface area contributed by atoms with Crippen LogP contribution in [0.3, 0.4) is 0 Å². The van der Waals surface area contributed by atoms with Gasteiger partial charge in [0.15, 0.2) is 11.5 Å². The normalized spacial score (nSPS) is 16.5. The van der Waals surface area contributed by atoms with Crippen LogP contribution in [-0.2, 0) is 0 Å². The minimum Gasteiger partial charge on any atom is -0.380 e. The fourth-order valence-corrected chi connectivity index (χ4v) is 3.69. The third-order valence-electron chi connectivity index (χ3n) is 4.96. The first-order valence-electron chi connectivity index (χ1n) is 9.23. The third-order valence-corrected chi connectivity index (χ3v) is 4.96. The van der Waals surface area contributed by atoms with Gasteiger partial charge in [-0.3, -0.25) is 19.3 Å². The van der Waals surface area contributed by atoms with Crippen molar-refractivity contribution >= 4 is 22.9 Å². The smallest absolute Gasteiger partial charge is 0.293 e. The van der Waals surface area contributed by atoms with Crippen molar-refractivity contribution in [2.45, 2.75) is 25.8 Å². The number of aromatic nitrogens is 3. The first kappa shape index (κ1) is 17.9. The number of pyridine rings is 1. The van der Waals surface area contributed by atoms with E-state index in [9.17, 15) is 14.9 Å². The van der Waals surface area contributed by atoms with E-state index in [1.165, 1.54) is 6.07 Å². The van der Waals surface area contributed by atoms with Crippen LogP contribution in [0, 0.1) is 10.1 Å². The molecule has 0 bridgehead atoms. The summed E-state index contributed by atoms with van der Waals surface area (Å²) in [4.78, 5) is 25.8. The fourth-order valence-electron chi connectivity index (χ4n) is 3.69. The number of nitrogens with zero attached hydrogens (tertiary/aromatic N) is 5. The average molecular weight is 380 g/mol. The molecule has 3 aromatic rings. The Kier molecular flexibility index (Phi) is 4.64. The summed E-state index contributed by atoms with van der Waals surface area (Å²) in [6, 6.07) is 9.99. The van der Waals surface area contributed by atoms with Gasteiger partial charge in [0.1, 0.15) is 5.69 Å². The zero-order valence-corrected chi connectivity index (χ0v) is 15.4. The van der Waals surface area contributed by atoms with Crippen molar-refractivity contribution in [3.8, 4) is 0 Å². The van der Waals surface area contributed by atoms with Gasteiger partial charge in [0, 0.05) is 30.9 Å². The van der Waals surface area contributed by atoms with E-state index in [2.05, 4.69) is 15.5 Å². The van der Waals surface area contributed by atoms with Gasteiger partial charge in [0.2, 0.25) is 0 Å². The summed E-state index contributed by atoms with van der Waals surface area (Å²) in [5.41, 5.74) is 1.33. The highest BCUT2D eigenvalue weighted by atomic mass is 16.6. The highest BCUT2D eigenvalue weighted by Crippen LogP contribution is 2.33. The molecule has 1 atom stereocenters. The zero-order valence-electron chi connectivity index (χ0n) is 15.4. The second kappa shape index (κ2) is 7.26. The first-order chi connectivity index (χ1) is 13.6. The molecular weight excluding hydrogens is 360 g/mol. The van der Waals surface area contributed by atoms with Crippen molar-refractivity contribution in [1.29, 1.82) is 0 Å². The molecule has 1 N–H and O–H groups in total. The van der Waals surface area contributed by atoms with Crippen LogP contribution < -0.4 is 5.32 Å². The van der Waals surface area contributed by atoms with Gasteiger partial charge >= 0.3 is 0 Å². The van der Waals surface area contributed by atoms with E-state index in [4.69, 9.17) is 0 Å². The summed E-state index contributed by atoms with van der Waals surface area (Å²) in [6.07, 6.45) is 3.50. The Bertz CT molecular complexity index is 1050. The number of likely N-dealkylation sites (tertiary alicyclic amines) is 1. The van der Waals surface area contributed by atoms with E-state index >= 15 is 0 Å². The summed E-state index contributed by atoms with van der Waals surface area (Å²) in [5, 5.41) is 22.8. The summed E-state index contributed by atoms with van der Waals surface area (Å²) in [7, 11) is 0. The molecule has 2 aromatic heterocycles. The van der Waals surface area contributed by atoms with Crippen LogP contribution in [0.4, 0.5) is 11.4 Å². The van der Waals surface area contributed by atoms with Gasteiger partial charge in [-0.25, -0.2) is 0 Å². The Morgan fingerprint density at radius 1 is 1.32 bits per heavy atom. The maximum absolute atomic E-state index is 13.2. The van der Waals surface area contributed by atoms with Gasteiger partial charge in [0.25, 0.3) is 11.6 Å². The number of hydrogen-bond donors (Lipinski definition) is 1. The van der Waals surface area contributed by atoms with Gasteiger partial charge < -0.3 is 10.2 Å². The number of nitro groups is 1. The van der Waals surface area contributed by atoms with Crippen LogP contribution >= 0.6 is 0 Å². The number of amides is 1. The Hall–Kier alpha value is -3.49. The van der Waals surface area contributed by atoms with Crippen LogP contribution in [0.25, 0.3) is 5.65 Å². The van der Waals surface area contributed by atoms with Crippen LogP contribution in [0.5, 0.6) is 0 Å². The number of hydrogen-bond acceptors (Lipinski definition) is 6. The molecule has 1 amide bonds. The number of carbonyl (C=O) groups excluding carboxylic acids is 1. The van der Waals surface area contributed by atoms with E-state index in [1.807, 2.05) is 35.7 Å². The average Bonchev–Trinajstić information content (AvgIpc) is 3.34. The van der Waals surface area contributed by atoms with Gasteiger partial charge in [0.05, 0.1) is 11.0 Å². The molecule has 9 nitrogen and oxygen atoms in total. The minimum absolute atomic E-state index is 0.101. The van der Waals surface area contributed by atoms with Gasteiger partial charge in [-0.05, 0) is 44.0 Å². The van der Waals surface area contributed by atoms with E-state index in [-0.39, 0.29) is 17.6 Å². The van der Waals surface area contributed by atoms with Crippen LogP contribution in [0.1, 0.15) is 42.0 Å². The van der Waals surface area contributed by atoms with Crippen LogP contribution in [0.15, 0.2) is 42.6 Å². The highest BCUT2D eigenvalue weighted by molar-refractivity contribution is 5.96. The summed E-state index contributed by atoms with van der Waals surface area (Å²) in [5.74, 6) is 0.474. The van der Waals surface area contributed by atoms with E-state index < -0.39 is 4.92 Å². The van der Waals surface area contributed by atoms with Crippen molar-refractivity contribution in [3.05, 3.63) is 64.1 Å². The van der Waals surface area contributed by atoms with Crippen molar-refractivity contribution in [1.82, 2.24) is 19.5 Å². The molecule has 1 saturated heterocycles. The molecule has 144 valence electrons. The molecule has 9 heteroatoms. The highest BCUT2D eigenvalue weighted by Gasteiger charge is 2.34. The topological polar surface area (TPSA) is 106 Å². The zero-order chi connectivity index (χ0) is 19.7. The lowest BCUT2D eigenvalue weighted by Crippen LogP contribution is -2.31. The Morgan fingerprint density at radius 2 is 2.18 bits per heavy atom. The van der Waals surface area contributed by atoms with Crippen LogP contribution in [0.2, 0.25) is 0 Å². The Morgan fingerprint density at radius 3 is 2.96 bits per heavy atom. The maximum atomic E-state index is 13.2.